The third kappa shape index (κ3) is 8.31. The van der Waals surface area contributed by atoms with Gasteiger partial charge in [0.15, 0.2) is 0 Å². The summed E-state index contributed by atoms with van der Waals surface area (Å²) in [6.07, 6.45) is 0.430. The van der Waals surface area contributed by atoms with Crippen LogP contribution < -0.4 is 5.32 Å². The average Bonchev–Trinajstić information content (AvgIpc) is 2.84. The number of rotatable bonds is 11. The van der Waals surface area contributed by atoms with E-state index in [0.29, 0.717) is 28.8 Å². The van der Waals surface area contributed by atoms with Crippen molar-refractivity contribution in [3.63, 3.8) is 0 Å². The molecule has 35 heavy (non-hydrogen) atoms. The number of thioether (sulfide) groups is 1. The smallest absolute Gasteiger partial charge is 0.243 e. The highest BCUT2D eigenvalue weighted by Gasteiger charge is 2.30. The van der Waals surface area contributed by atoms with Gasteiger partial charge < -0.3 is 10.2 Å². The van der Waals surface area contributed by atoms with E-state index in [9.17, 15) is 9.59 Å². The summed E-state index contributed by atoms with van der Waals surface area (Å²) < 4.78 is 0. The van der Waals surface area contributed by atoms with Gasteiger partial charge in [-0.05, 0) is 42.7 Å². The van der Waals surface area contributed by atoms with Crippen molar-refractivity contribution in [3.8, 4) is 0 Å². The molecule has 2 amide bonds. The van der Waals surface area contributed by atoms with Crippen molar-refractivity contribution < 1.29 is 9.59 Å². The van der Waals surface area contributed by atoms with E-state index < -0.39 is 6.04 Å². The second kappa shape index (κ2) is 13.6. The highest BCUT2D eigenvalue weighted by atomic mass is 35.5. The monoisotopic (exact) mass is 528 g/mol. The molecular formula is C28H30Cl2N2O2S. The number of nitrogens with zero attached hydrogens (tertiary/aromatic N) is 1. The molecular weight excluding hydrogens is 499 g/mol. The number of amides is 2. The van der Waals surface area contributed by atoms with Gasteiger partial charge in [0.05, 0.1) is 5.75 Å². The zero-order chi connectivity index (χ0) is 25.2. The Morgan fingerprint density at radius 2 is 1.43 bits per heavy atom. The third-order valence-corrected chi connectivity index (χ3v) is 7.08. The van der Waals surface area contributed by atoms with E-state index in [2.05, 4.69) is 5.32 Å². The van der Waals surface area contributed by atoms with Crippen LogP contribution in [-0.2, 0) is 28.3 Å². The predicted molar refractivity (Wildman–Crippen MR) is 147 cm³/mol. The van der Waals surface area contributed by atoms with Gasteiger partial charge in [0.25, 0.3) is 0 Å². The van der Waals surface area contributed by atoms with Crippen LogP contribution in [0, 0.1) is 0 Å². The van der Waals surface area contributed by atoms with E-state index >= 15 is 0 Å². The highest BCUT2D eigenvalue weighted by molar-refractivity contribution is 7.99. The van der Waals surface area contributed by atoms with E-state index in [1.807, 2.05) is 74.5 Å². The van der Waals surface area contributed by atoms with Crippen LogP contribution >= 0.6 is 35.0 Å². The Balaban J connectivity index is 1.84. The predicted octanol–water partition coefficient (Wildman–Crippen LogP) is 6.39. The number of nitrogens with one attached hydrogen (secondary N) is 1. The fourth-order valence-electron chi connectivity index (χ4n) is 3.71. The normalized spacial score (nSPS) is 11.8. The van der Waals surface area contributed by atoms with Gasteiger partial charge in [0, 0.05) is 34.8 Å². The van der Waals surface area contributed by atoms with Crippen molar-refractivity contribution in [2.45, 2.75) is 44.6 Å². The van der Waals surface area contributed by atoms with Crippen molar-refractivity contribution in [2.24, 2.45) is 0 Å². The molecule has 0 heterocycles. The van der Waals surface area contributed by atoms with Crippen molar-refractivity contribution in [1.82, 2.24) is 10.2 Å². The summed E-state index contributed by atoms with van der Waals surface area (Å²) in [5.41, 5.74) is 2.77. The standard InChI is InChI=1S/C28H30Cl2N2O2S/c1-20(2)31-28(34)26(16-21-10-5-3-6-11-21)32(17-22-12-7-4-8-13-22)27(33)19-35-18-23-24(29)14-9-15-25(23)30/h3-15,20,26H,16-19H2,1-2H3,(H,31,34). The summed E-state index contributed by atoms with van der Waals surface area (Å²) in [5.74, 6) is 0.439. The number of hydrogen-bond donors (Lipinski definition) is 1. The minimum atomic E-state index is -0.642. The Kier molecular flexibility index (Phi) is 10.5. The molecule has 7 heteroatoms. The van der Waals surface area contributed by atoms with Gasteiger partial charge in [-0.3, -0.25) is 9.59 Å². The molecule has 3 rings (SSSR count). The molecule has 0 aliphatic rings. The number of hydrogen-bond acceptors (Lipinski definition) is 3. The Hall–Kier alpha value is -2.47. The molecule has 0 radical (unpaired) electrons. The lowest BCUT2D eigenvalue weighted by atomic mass is 10.0. The van der Waals surface area contributed by atoms with E-state index in [1.54, 1.807) is 23.1 Å². The first kappa shape index (κ1) is 27.1. The van der Waals surface area contributed by atoms with Crippen LogP contribution in [0.5, 0.6) is 0 Å². The maximum absolute atomic E-state index is 13.6. The van der Waals surface area contributed by atoms with Gasteiger partial charge in [-0.15, -0.1) is 11.8 Å². The molecule has 0 saturated heterocycles. The van der Waals surface area contributed by atoms with E-state index in [1.165, 1.54) is 11.8 Å². The van der Waals surface area contributed by atoms with Crippen LogP contribution in [0.3, 0.4) is 0 Å². The molecule has 184 valence electrons. The van der Waals surface area contributed by atoms with Crippen LogP contribution in [0.15, 0.2) is 78.9 Å². The molecule has 0 fully saturated rings. The lowest BCUT2D eigenvalue weighted by molar-refractivity contribution is -0.139. The quantitative estimate of drug-likeness (QED) is 0.313. The fourth-order valence-corrected chi connectivity index (χ4v) is 5.36. The number of carbonyl (C=O) groups excluding carboxylic acids is 2. The van der Waals surface area contributed by atoms with Gasteiger partial charge in [-0.1, -0.05) is 89.9 Å². The van der Waals surface area contributed by atoms with Crippen molar-refractivity contribution in [2.75, 3.05) is 5.75 Å². The SMILES string of the molecule is CC(C)NC(=O)C(Cc1ccccc1)N(Cc1ccccc1)C(=O)CSCc1c(Cl)cccc1Cl. The molecule has 1 unspecified atom stereocenters. The molecule has 4 nitrogen and oxygen atoms in total. The second-order valence-electron chi connectivity index (χ2n) is 8.57. The van der Waals surface area contributed by atoms with Crippen LogP contribution in [0.4, 0.5) is 0 Å². The Morgan fingerprint density at radius 3 is 2.00 bits per heavy atom. The highest BCUT2D eigenvalue weighted by Crippen LogP contribution is 2.28. The van der Waals surface area contributed by atoms with Crippen molar-refractivity contribution >= 4 is 46.8 Å². The van der Waals surface area contributed by atoms with Gasteiger partial charge in [-0.2, -0.15) is 0 Å². The van der Waals surface area contributed by atoms with Gasteiger partial charge >= 0.3 is 0 Å². The first-order chi connectivity index (χ1) is 16.8. The van der Waals surface area contributed by atoms with Gasteiger partial charge in [0.2, 0.25) is 11.8 Å². The molecule has 3 aromatic carbocycles. The summed E-state index contributed by atoms with van der Waals surface area (Å²) in [6.45, 7) is 4.18. The summed E-state index contributed by atoms with van der Waals surface area (Å²) in [6, 6.07) is 24.2. The molecule has 3 aromatic rings. The van der Waals surface area contributed by atoms with Gasteiger partial charge in [0.1, 0.15) is 6.04 Å². The zero-order valence-electron chi connectivity index (χ0n) is 19.9. The lowest BCUT2D eigenvalue weighted by Crippen LogP contribution is -2.52. The van der Waals surface area contributed by atoms with Crippen LogP contribution in [-0.4, -0.2) is 34.6 Å². The largest absolute Gasteiger partial charge is 0.352 e. The maximum Gasteiger partial charge on any atom is 0.243 e. The average molecular weight is 530 g/mol. The molecule has 0 aromatic heterocycles. The molecule has 0 aliphatic heterocycles. The molecule has 0 aliphatic carbocycles. The molecule has 0 saturated carbocycles. The first-order valence-corrected chi connectivity index (χ1v) is 13.4. The van der Waals surface area contributed by atoms with Crippen molar-refractivity contribution in [1.29, 1.82) is 0 Å². The first-order valence-electron chi connectivity index (χ1n) is 11.5. The number of carbonyl (C=O) groups is 2. The van der Waals surface area contributed by atoms with Gasteiger partial charge in [-0.25, -0.2) is 0 Å². The Morgan fingerprint density at radius 1 is 0.857 bits per heavy atom. The van der Waals surface area contributed by atoms with E-state index in [-0.39, 0.29) is 23.6 Å². The summed E-state index contributed by atoms with van der Waals surface area (Å²) in [4.78, 5) is 28.6. The number of benzene rings is 3. The fraction of sp³-hybridized carbons (Fsp3) is 0.286. The number of halogens is 2. The maximum atomic E-state index is 13.6. The van der Waals surface area contributed by atoms with E-state index in [0.717, 1.165) is 16.7 Å². The molecule has 0 spiro atoms. The third-order valence-electron chi connectivity index (χ3n) is 5.43. The second-order valence-corrected chi connectivity index (χ2v) is 10.4. The van der Waals surface area contributed by atoms with Crippen LogP contribution in [0.1, 0.15) is 30.5 Å². The topological polar surface area (TPSA) is 49.4 Å². The zero-order valence-corrected chi connectivity index (χ0v) is 22.2. The van der Waals surface area contributed by atoms with Crippen LogP contribution in [0.2, 0.25) is 10.0 Å². The Bertz CT molecular complexity index is 1090. The minimum Gasteiger partial charge on any atom is -0.352 e. The van der Waals surface area contributed by atoms with E-state index in [4.69, 9.17) is 23.2 Å². The van der Waals surface area contributed by atoms with Crippen molar-refractivity contribution in [3.05, 3.63) is 106 Å². The summed E-state index contributed by atoms with van der Waals surface area (Å²) >= 11 is 14.0. The molecule has 1 atom stereocenters. The van der Waals surface area contributed by atoms with Crippen LogP contribution in [0.25, 0.3) is 0 Å². The summed E-state index contributed by atoms with van der Waals surface area (Å²) in [5, 5.41) is 4.17. The Labute approximate surface area is 222 Å². The molecule has 1 N–H and O–H groups in total. The minimum absolute atomic E-state index is 0.0359. The molecule has 0 bridgehead atoms. The summed E-state index contributed by atoms with van der Waals surface area (Å²) in [7, 11) is 0. The lowest BCUT2D eigenvalue weighted by Gasteiger charge is -2.32.